The largest absolute Gasteiger partial charge is 0.350 e. The zero-order valence-corrected chi connectivity index (χ0v) is 12.6. The van der Waals surface area contributed by atoms with Crippen LogP contribution in [0.25, 0.3) is 0 Å². The van der Waals surface area contributed by atoms with Gasteiger partial charge in [-0.2, -0.15) is 0 Å². The fraction of sp³-hybridized carbons (Fsp3) is 0.714. The normalized spacial score (nSPS) is 20.4. The maximum atomic E-state index is 11.9. The average Bonchev–Trinajstić information content (AvgIpc) is 2.90. The molecule has 19 heavy (non-hydrogen) atoms. The van der Waals surface area contributed by atoms with Crippen LogP contribution in [-0.4, -0.2) is 41.5 Å². The summed E-state index contributed by atoms with van der Waals surface area (Å²) in [6, 6.07) is 0.653. The van der Waals surface area contributed by atoms with Crippen LogP contribution in [0.15, 0.2) is 6.20 Å². The Morgan fingerprint density at radius 1 is 1.58 bits per heavy atom. The second-order valence-corrected chi connectivity index (χ2v) is 6.22. The lowest BCUT2D eigenvalue weighted by molar-refractivity contribution is 0.0942. The number of aryl methyl sites for hydroxylation is 1. The molecule has 1 fully saturated rings. The van der Waals surface area contributed by atoms with Gasteiger partial charge in [0.2, 0.25) is 0 Å². The minimum absolute atomic E-state index is 0.0156. The van der Waals surface area contributed by atoms with E-state index in [1.165, 1.54) is 30.6 Å². The van der Waals surface area contributed by atoms with Crippen molar-refractivity contribution in [3.63, 3.8) is 0 Å². The van der Waals surface area contributed by atoms with E-state index in [-0.39, 0.29) is 5.91 Å². The van der Waals surface area contributed by atoms with E-state index >= 15 is 0 Å². The van der Waals surface area contributed by atoms with E-state index in [1.54, 1.807) is 6.20 Å². The lowest BCUT2D eigenvalue weighted by atomic mass is 10.0. The molecule has 0 spiro atoms. The molecule has 5 heteroatoms. The Morgan fingerprint density at radius 3 is 3.11 bits per heavy atom. The number of amides is 1. The van der Waals surface area contributed by atoms with E-state index in [0.29, 0.717) is 6.04 Å². The van der Waals surface area contributed by atoms with Gasteiger partial charge in [0, 0.05) is 19.1 Å². The molecule has 0 aromatic carbocycles. The number of nitrogens with zero attached hydrogens (tertiary/aromatic N) is 2. The molecular formula is C14H23N3OS. The monoisotopic (exact) mass is 281 g/mol. The fourth-order valence-electron chi connectivity index (χ4n) is 2.47. The number of carbonyl (C=O) groups is 1. The molecule has 106 valence electrons. The molecule has 1 aromatic heterocycles. The zero-order chi connectivity index (χ0) is 13.7. The Labute approximate surface area is 119 Å². The van der Waals surface area contributed by atoms with Gasteiger partial charge >= 0.3 is 0 Å². The van der Waals surface area contributed by atoms with Crippen molar-refractivity contribution in [1.29, 1.82) is 0 Å². The molecule has 2 heterocycles. The second-order valence-electron chi connectivity index (χ2n) is 5.11. The van der Waals surface area contributed by atoms with Gasteiger partial charge in [-0.15, -0.1) is 11.3 Å². The number of thiazole rings is 1. The highest BCUT2D eigenvalue weighted by molar-refractivity contribution is 7.13. The Kier molecular flexibility index (Phi) is 5.34. The molecule has 1 aliphatic rings. The van der Waals surface area contributed by atoms with Crippen molar-refractivity contribution in [2.24, 2.45) is 0 Å². The number of rotatable bonds is 5. The van der Waals surface area contributed by atoms with E-state index in [2.05, 4.69) is 29.0 Å². The Hall–Kier alpha value is -0.940. The molecule has 1 aliphatic heterocycles. The van der Waals surface area contributed by atoms with E-state index in [0.717, 1.165) is 35.9 Å². The molecule has 0 unspecified atom stereocenters. The predicted molar refractivity (Wildman–Crippen MR) is 78.7 cm³/mol. The van der Waals surface area contributed by atoms with Gasteiger partial charge in [-0.05, 0) is 32.7 Å². The number of hydrogen-bond donors (Lipinski definition) is 1. The van der Waals surface area contributed by atoms with Gasteiger partial charge in [-0.3, -0.25) is 9.69 Å². The molecule has 0 bridgehead atoms. The Balaban J connectivity index is 1.74. The quantitative estimate of drug-likeness (QED) is 0.901. The van der Waals surface area contributed by atoms with Gasteiger partial charge in [0.25, 0.3) is 5.91 Å². The number of carbonyl (C=O) groups excluding carboxylic acids is 1. The van der Waals surface area contributed by atoms with Gasteiger partial charge in [-0.1, -0.05) is 13.3 Å². The standard InChI is InChI=1S/C14H23N3OS/c1-3-13-16-10-12(19-13)14(18)15-7-9-17-8-5-4-6-11(17)2/h10-11H,3-9H2,1-2H3,(H,15,18)/t11-/m0/s1. The second kappa shape index (κ2) is 7.01. The van der Waals surface area contributed by atoms with Crippen LogP contribution in [0.5, 0.6) is 0 Å². The first kappa shape index (κ1) is 14.5. The third kappa shape index (κ3) is 4.01. The van der Waals surface area contributed by atoms with Gasteiger partial charge in [-0.25, -0.2) is 4.98 Å². The van der Waals surface area contributed by atoms with Crippen molar-refractivity contribution in [2.45, 2.75) is 45.6 Å². The summed E-state index contributed by atoms with van der Waals surface area (Å²) < 4.78 is 0. The highest BCUT2D eigenvalue weighted by Gasteiger charge is 2.18. The van der Waals surface area contributed by atoms with E-state index in [9.17, 15) is 4.79 Å². The van der Waals surface area contributed by atoms with Crippen LogP contribution in [0.1, 0.15) is 47.8 Å². The third-order valence-electron chi connectivity index (χ3n) is 3.70. The maximum absolute atomic E-state index is 11.9. The van der Waals surface area contributed by atoms with Crippen LogP contribution in [0.4, 0.5) is 0 Å². The first-order chi connectivity index (χ1) is 9.20. The number of likely N-dealkylation sites (tertiary alicyclic amines) is 1. The molecule has 0 saturated carbocycles. The summed E-state index contributed by atoms with van der Waals surface area (Å²) in [5.41, 5.74) is 0. The summed E-state index contributed by atoms with van der Waals surface area (Å²) in [5.74, 6) is 0.0156. The number of piperidine rings is 1. The summed E-state index contributed by atoms with van der Waals surface area (Å²) in [4.78, 5) is 19.3. The molecule has 1 N–H and O–H groups in total. The molecule has 2 rings (SSSR count). The highest BCUT2D eigenvalue weighted by Crippen LogP contribution is 2.15. The highest BCUT2D eigenvalue weighted by atomic mass is 32.1. The molecule has 0 radical (unpaired) electrons. The van der Waals surface area contributed by atoms with Gasteiger partial charge in [0.05, 0.1) is 11.2 Å². The predicted octanol–water partition coefficient (Wildman–Crippen LogP) is 2.31. The van der Waals surface area contributed by atoms with Gasteiger partial charge < -0.3 is 5.32 Å². The van der Waals surface area contributed by atoms with Crippen LogP contribution in [0.2, 0.25) is 0 Å². The summed E-state index contributed by atoms with van der Waals surface area (Å²) in [5, 5.41) is 4.02. The van der Waals surface area contributed by atoms with Crippen LogP contribution in [0, 0.1) is 0 Å². The van der Waals surface area contributed by atoms with Crippen LogP contribution in [-0.2, 0) is 6.42 Å². The van der Waals surface area contributed by atoms with Crippen molar-refractivity contribution in [1.82, 2.24) is 15.2 Å². The van der Waals surface area contributed by atoms with E-state index in [1.807, 2.05) is 0 Å². The average molecular weight is 281 g/mol. The van der Waals surface area contributed by atoms with Crippen LogP contribution < -0.4 is 5.32 Å². The molecule has 0 aliphatic carbocycles. The molecular weight excluding hydrogens is 258 g/mol. The van der Waals surface area contributed by atoms with Crippen molar-refractivity contribution < 1.29 is 4.79 Å². The lowest BCUT2D eigenvalue weighted by Gasteiger charge is -2.33. The molecule has 1 amide bonds. The molecule has 4 nitrogen and oxygen atoms in total. The zero-order valence-electron chi connectivity index (χ0n) is 11.8. The summed E-state index contributed by atoms with van der Waals surface area (Å²) in [7, 11) is 0. The smallest absolute Gasteiger partial charge is 0.263 e. The molecule has 1 saturated heterocycles. The molecule has 1 atom stereocenters. The first-order valence-electron chi connectivity index (χ1n) is 7.17. The van der Waals surface area contributed by atoms with Crippen molar-refractivity contribution in [2.75, 3.05) is 19.6 Å². The third-order valence-corrected chi connectivity index (χ3v) is 4.85. The van der Waals surface area contributed by atoms with E-state index in [4.69, 9.17) is 0 Å². The topological polar surface area (TPSA) is 45.2 Å². The minimum Gasteiger partial charge on any atom is -0.350 e. The number of hydrogen-bond acceptors (Lipinski definition) is 4. The van der Waals surface area contributed by atoms with Crippen molar-refractivity contribution >= 4 is 17.2 Å². The summed E-state index contributed by atoms with van der Waals surface area (Å²) >= 11 is 1.49. The number of nitrogens with one attached hydrogen (secondary N) is 1. The van der Waals surface area contributed by atoms with Crippen LogP contribution >= 0.6 is 11.3 Å². The van der Waals surface area contributed by atoms with E-state index < -0.39 is 0 Å². The lowest BCUT2D eigenvalue weighted by Crippen LogP contribution is -2.42. The maximum Gasteiger partial charge on any atom is 0.263 e. The van der Waals surface area contributed by atoms with Crippen molar-refractivity contribution in [3.8, 4) is 0 Å². The Bertz CT molecular complexity index is 419. The summed E-state index contributed by atoms with van der Waals surface area (Å²) in [6.07, 6.45) is 6.48. The SMILES string of the molecule is CCc1ncc(C(=O)NCCN2CCCC[C@@H]2C)s1. The minimum atomic E-state index is 0.0156. The van der Waals surface area contributed by atoms with Crippen molar-refractivity contribution in [3.05, 3.63) is 16.1 Å². The molecule has 1 aromatic rings. The van der Waals surface area contributed by atoms with Gasteiger partial charge in [0.1, 0.15) is 4.88 Å². The fourth-order valence-corrected chi connectivity index (χ4v) is 3.24. The van der Waals surface area contributed by atoms with Gasteiger partial charge in [0.15, 0.2) is 0 Å². The van der Waals surface area contributed by atoms with Crippen LogP contribution in [0.3, 0.4) is 0 Å². The first-order valence-corrected chi connectivity index (χ1v) is 7.99. The number of aromatic nitrogens is 1. The Morgan fingerprint density at radius 2 is 2.42 bits per heavy atom. The summed E-state index contributed by atoms with van der Waals surface area (Å²) in [6.45, 7) is 7.17.